The van der Waals surface area contributed by atoms with Gasteiger partial charge in [-0.05, 0) is 11.6 Å². The third-order valence-corrected chi connectivity index (χ3v) is 3.39. The van der Waals surface area contributed by atoms with E-state index in [1.54, 1.807) is 6.07 Å². The van der Waals surface area contributed by atoms with Crippen molar-refractivity contribution in [1.82, 2.24) is 5.32 Å². The maximum atomic E-state index is 10.8. The summed E-state index contributed by atoms with van der Waals surface area (Å²) in [6.07, 6.45) is 0.598. The number of rotatable bonds is 5. The van der Waals surface area contributed by atoms with Crippen LogP contribution in [0.15, 0.2) is 18.2 Å². The molecule has 1 saturated heterocycles. The van der Waals surface area contributed by atoms with E-state index >= 15 is 0 Å². The predicted molar refractivity (Wildman–Crippen MR) is 70.2 cm³/mol. The van der Waals surface area contributed by atoms with Crippen molar-refractivity contribution in [3.05, 3.63) is 38.9 Å². The van der Waals surface area contributed by atoms with Crippen molar-refractivity contribution in [3.8, 4) is 0 Å². The molecule has 2 N–H and O–H groups in total. The number of hydrogen-bond donors (Lipinski definition) is 2. The third-order valence-electron chi connectivity index (χ3n) is 3.07. The molecule has 1 aromatic carbocycles. The highest BCUT2D eigenvalue weighted by atomic mass is 35.5. The summed E-state index contributed by atoms with van der Waals surface area (Å²) in [7, 11) is 0. The molecule has 1 fully saturated rings. The zero-order valence-electron chi connectivity index (χ0n) is 10.3. The van der Waals surface area contributed by atoms with Crippen LogP contribution in [-0.2, 0) is 11.3 Å². The van der Waals surface area contributed by atoms with Gasteiger partial charge in [0.2, 0.25) is 0 Å². The van der Waals surface area contributed by atoms with Gasteiger partial charge in [0.15, 0.2) is 0 Å². The number of nitrogens with zero attached hydrogens (tertiary/aromatic N) is 1. The lowest BCUT2D eigenvalue weighted by Gasteiger charge is -2.20. The summed E-state index contributed by atoms with van der Waals surface area (Å²) >= 11 is 5.73. The van der Waals surface area contributed by atoms with E-state index in [1.165, 1.54) is 12.1 Å². The lowest BCUT2D eigenvalue weighted by Crippen LogP contribution is -2.40. The summed E-state index contributed by atoms with van der Waals surface area (Å²) in [4.78, 5) is 10.2. The van der Waals surface area contributed by atoms with Crippen molar-refractivity contribution in [1.29, 1.82) is 0 Å². The summed E-state index contributed by atoms with van der Waals surface area (Å²) in [5.41, 5.74) is -0.194. The first kappa shape index (κ1) is 14.2. The van der Waals surface area contributed by atoms with E-state index in [2.05, 4.69) is 5.32 Å². The normalized spacial score (nSPS) is 22.6. The van der Waals surface area contributed by atoms with Crippen molar-refractivity contribution < 1.29 is 14.8 Å². The fourth-order valence-electron chi connectivity index (χ4n) is 1.98. The average molecular weight is 287 g/mol. The minimum absolute atomic E-state index is 0.108. The molecule has 2 rings (SSSR count). The van der Waals surface area contributed by atoms with E-state index in [0.717, 1.165) is 5.56 Å². The monoisotopic (exact) mass is 286 g/mol. The first-order valence-corrected chi connectivity index (χ1v) is 6.32. The summed E-state index contributed by atoms with van der Waals surface area (Å²) in [6.45, 7) is 1.70. The smallest absolute Gasteiger partial charge is 0.288 e. The molecule has 1 aliphatic rings. The lowest BCUT2D eigenvalue weighted by molar-refractivity contribution is -0.384. The number of nitro groups is 1. The molecule has 0 aromatic heterocycles. The van der Waals surface area contributed by atoms with Crippen LogP contribution in [0.4, 0.5) is 5.69 Å². The summed E-state index contributed by atoms with van der Waals surface area (Å²) < 4.78 is 5.13. The Morgan fingerprint density at radius 2 is 2.37 bits per heavy atom. The van der Waals surface area contributed by atoms with Gasteiger partial charge in [0.1, 0.15) is 10.6 Å². The number of hydrogen-bond acceptors (Lipinski definition) is 5. The molecular formula is C12H15ClN2O4. The zero-order valence-corrected chi connectivity index (χ0v) is 11.0. The van der Waals surface area contributed by atoms with Gasteiger partial charge >= 0.3 is 0 Å². The van der Waals surface area contributed by atoms with Crippen molar-refractivity contribution >= 4 is 17.3 Å². The Bertz CT molecular complexity index is 475. The fourth-order valence-corrected chi connectivity index (χ4v) is 2.17. The van der Waals surface area contributed by atoms with Crippen LogP contribution >= 0.6 is 11.6 Å². The number of aliphatic hydroxyl groups is 1. The van der Waals surface area contributed by atoms with Gasteiger partial charge in [0.05, 0.1) is 11.5 Å². The molecule has 0 amide bonds. The lowest BCUT2D eigenvalue weighted by atomic mass is 10.0. The van der Waals surface area contributed by atoms with Gasteiger partial charge in [-0.2, -0.15) is 0 Å². The summed E-state index contributed by atoms with van der Waals surface area (Å²) in [5, 5.41) is 24.0. The molecule has 0 spiro atoms. The molecule has 1 aliphatic heterocycles. The minimum Gasteiger partial charge on any atom is -0.386 e. The second-order valence-electron chi connectivity index (χ2n) is 4.67. The van der Waals surface area contributed by atoms with Gasteiger partial charge in [0.25, 0.3) is 5.69 Å². The van der Waals surface area contributed by atoms with Gasteiger partial charge in [-0.1, -0.05) is 17.7 Å². The molecular weight excluding hydrogens is 272 g/mol. The Morgan fingerprint density at radius 1 is 1.58 bits per heavy atom. The van der Waals surface area contributed by atoms with Crippen LogP contribution in [0, 0.1) is 10.1 Å². The molecule has 1 atom stereocenters. The van der Waals surface area contributed by atoms with Gasteiger partial charge in [0, 0.05) is 32.2 Å². The molecule has 6 nitrogen and oxygen atoms in total. The Labute approximate surface area is 115 Å². The number of nitro benzene ring substituents is 1. The molecule has 19 heavy (non-hydrogen) atoms. The van der Waals surface area contributed by atoms with Gasteiger partial charge in [-0.3, -0.25) is 10.1 Å². The Hall–Kier alpha value is -1.21. The van der Waals surface area contributed by atoms with Crippen LogP contribution in [-0.4, -0.2) is 35.4 Å². The van der Waals surface area contributed by atoms with Crippen LogP contribution in [0.1, 0.15) is 12.0 Å². The van der Waals surface area contributed by atoms with Crippen molar-refractivity contribution in [2.24, 2.45) is 0 Å². The third kappa shape index (κ3) is 3.63. The number of benzene rings is 1. The molecule has 0 radical (unpaired) electrons. The highest BCUT2D eigenvalue weighted by Crippen LogP contribution is 2.25. The average Bonchev–Trinajstić information content (AvgIpc) is 2.78. The second kappa shape index (κ2) is 5.83. The Kier molecular flexibility index (Phi) is 4.36. The molecule has 1 unspecified atom stereocenters. The number of ether oxygens (including phenoxy) is 1. The maximum absolute atomic E-state index is 10.8. The van der Waals surface area contributed by atoms with Crippen LogP contribution in [0.25, 0.3) is 0 Å². The fraction of sp³-hybridized carbons (Fsp3) is 0.500. The topological polar surface area (TPSA) is 84.6 Å². The van der Waals surface area contributed by atoms with E-state index in [4.69, 9.17) is 16.3 Å². The summed E-state index contributed by atoms with van der Waals surface area (Å²) in [5.74, 6) is 0. The predicted octanol–water partition coefficient (Wildman–Crippen LogP) is 1.49. The quantitative estimate of drug-likeness (QED) is 0.633. The highest BCUT2D eigenvalue weighted by Gasteiger charge is 2.31. The molecule has 0 saturated carbocycles. The highest BCUT2D eigenvalue weighted by molar-refractivity contribution is 6.32. The molecule has 7 heteroatoms. The number of nitrogens with one attached hydrogen (secondary N) is 1. The standard InChI is InChI=1S/C12H15ClN2O4/c13-10-2-1-9(5-11(10)15(17)18)6-14-7-12(16)3-4-19-8-12/h1-2,5,14,16H,3-4,6-8H2. The van der Waals surface area contributed by atoms with E-state index in [9.17, 15) is 15.2 Å². The van der Waals surface area contributed by atoms with Crippen molar-refractivity contribution in [3.63, 3.8) is 0 Å². The van der Waals surface area contributed by atoms with Crippen LogP contribution in [0.5, 0.6) is 0 Å². The first-order chi connectivity index (χ1) is 9.00. The van der Waals surface area contributed by atoms with Gasteiger partial charge < -0.3 is 15.2 Å². The van der Waals surface area contributed by atoms with Crippen molar-refractivity contribution in [2.75, 3.05) is 19.8 Å². The van der Waals surface area contributed by atoms with E-state index in [0.29, 0.717) is 32.7 Å². The summed E-state index contributed by atoms with van der Waals surface area (Å²) in [6, 6.07) is 4.66. The van der Waals surface area contributed by atoms with Crippen molar-refractivity contribution in [2.45, 2.75) is 18.6 Å². The van der Waals surface area contributed by atoms with Crippen LogP contribution in [0.2, 0.25) is 5.02 Å². The SMILES string of the molecule is O=[N+]([O-])c1cc(CNCC2(O)CCOC2)ccc1Cl. The molecule has 1 aromatic rings. The molecule has 104 valence electrons. The van der Waals surface area contributed by atoms with Gasteiger partial charge in [-0.15, -0.1) is 0 Å². The zero-order chi connectivity index (χ0) is 13.9. The Balaban J connectivity index is 1.92. The molecule has 0 aliphatic carbocycles. The minimum atomic E-state index is -0.835. The van der Waals surface area contributed by atoms with E-state index in [1.807, 2.05) is 0 Å². The number of halogens is 1. The Morgan fingerprint density at radius 3 is 3.00 bits per heavy atom. The first-order valence-electron chi connectivity index (χ1n) is 5.94. The molecule has 0 bridgehead atoms. The maximum Gasteiger partial charge on any atom is 0.288 e. The second-order valence-corrected chi connectivity index (χ2v) is 5.08. The molecule has 1 heterocycles. The van der Waals surface area contributed by atoms with Gasteiger partial charge in [-0.25, -0.2) is 0 Å². The van der Waals surface area contributed by atoms with Crippen LogP contribution < -0.4 is 5.32 Å². The van der Waals surface area contributed by atoms with Crippen LogP contribution in [0.3, 0.4) is 0 Å². The van der Waals surface area contributed by atoms with E-state index in [-0.39, 0.29) is 10.7 Å². The van der Waals surface area contributed by atoms with E-state index < -0.39 is 10.5 Å². The largest absolute Gasteiger partial charge is 0.386 e.